The van der Waals surface area contributed by atoms with Crippen LogP contribution in [0.15, 0.2) is 0 Å². The molecule has 1 saturated carbocycles. The van der Waals surface area contributed by atoms with E-state index >= 15 is 0 Å². The van der Waals surface area contributed by atoms with E-state index in [0.717, 1.165) is 0 Å². The largest absolute Gasteiger partial charge is 0.337 e. The average Bonchev–Trinajstić information content (AvgIpc) is 1.87. The zero-order valence-electron chi connectivity index (χ0n) is 6.34. The van der Waals surface area contributed by atoms with E-state index in [1.54, 1.807) is 6.92 Å². The number of carbonyl (C=O) groups excluding carboxylic acids is 1. The first-order valence-electron chi connectivity index (χ1n) is 4.08. The Morgan fingerprint density at radius 1 is 1.40 bits per heavy atom. The molecule has 3 fully saturated rings. The molecule has 1 aliphatic carbocycles. The van der Waals surface area contributed by atoms with Crippen molar-refractivity contribution in [1.82, 2.24) is 4.90 Å². The topological polar surface area (TPSA) is 20.3 Å². The molecule has 0 radical (unpaired) electrons. The highest BCUT2D eigenvalue weighted by Gasteiger charge is 2.42. The number of hydrogen-bond acceptors (Lipinski definition) is 1. The van der Waals surface area contributed by atoms with Crippen LogP contribution in [0.2, 0.25) is 0 Å². The molecule has 3 aliphatic rings. The van der Waals surface area contributed by atoms with E-state index in [-0.39, 0.29) is 5.91 Å². The third kappa shape index (κ3) is 0.678. The van der Waals surface area contributed by atoms with Crippen molar-refractivity contribution in [3.05, 3.63) is 0 Å². The minimum atomic E-state index is 0.279. The molecule has 2 heteroatoms. The highest BCUT2D eigenvalue weighted by atomic mass is 16.2. The molecule has 2 saturated heterocycles. The van der Waals surface area contributed by atoms with Crippen molar-refractivity contribution in [3.8, 4) is 0 Å². The zero-order valence-corrected chi connectivity index (χ0v) is 6.34. The van der Waals surface area contributed by atoms with Crippen LogP contribution in [0.3, 0.4) is 0 Å². The summed E-state index contributed by atoms with van der Waals surface area (Å²) >= 11 is 0. The summed E-state index contributed by atoms with van der Waals surface area (Å²) in [6.45, 7) is 1.68. The minimum Gasteiger partial charge on any atom is -0.337 e. The fourth-order valence-corrected chi connectivity index (χ4v) is 2.32. The van der Waals surface area contributed by atoms with Gasteiger partial charge in [-0.1, -0.05) is 0 Å². The maximum Gasteiger partial charge on any atom is 0.219 e. The summed E-state index contributed by atoms with van der Waals surface area (Å²) in [6.07, 6.45) is 5.10. The van der Waals surface area contributed by atoms with Gasteiger partial charge in [0.25, 0.3) is 0 Å². The van der Waals surface area contributed by atoms with Crippen LogP contribution in [0.4, 0.5) is 0 Å². The molecule has 2 unspecified atom stereocenters. The quantitative estimate of drug-likeness (QED) is 0.493. The molecule has 3 rings (SSSR count). The van der Waals surface area contributed by atoms with Crippen molar-refractivity contribution in [2.45, 2.75) is 44.7 Å². The second-order valence-corrected chi connectivity index (χ2v) is 3.40. The Morgan fingerprint density at radius 2 is 2.00 bits per heavy atom. The van der Waals surface area contributed by atoms with Crippen molar-refractivity contribution >= 4 is 5.91 Å². The van der Waals surface area contributed by atoms with Crippen molar-refractivity contribution in [2.75, 3.05) is 0 Å². The van der Waals surface area contributed by atoms with Gasteiger partial charge in [0.05, 0.1) is 0 Å². The Labute approximate surface area is 61.2 Å². The van der Waals surface area contributed by atoms with Gasteiger partial charge in [-0.25, -0.2) is 0 Å². The van der Waals surface area contributed by atoms with Gasteiger partial charge in [0.2, 0.25) is 5.91 Å². The molecular formula is C8H13NO. The maximum absolute atomic E-state index is 11.0. The van der Waals surface area contributed by atoms with Crippen molar-refractivity contribution in [1.29, 1.82) is 0 Å². The number of amides is 1. The molecule has 0 aromatic rings. The van der Waals surface area contributed by atoms with Crippen molar-refractivity contribution in [2.24, 2.45) is 0 Å². The highest BCUT2D eigenvalue weighted by Crippen LogP contribution is 2.37. The zero-order chi connectivity index (χ0) is 7.14. The van der Waals surface area contributed by atoms with Crippen LogP contribution >= 0.6 is 0 Å². The van der Waals surface area contributed by atoms with Gasteiger partial charge in [0.15, 0.2) is 0 Å². The third-order valence-electron chi connectivity index (χ3n) is 2.77. The fraction of sp³-hybridized carbons (Fsp3) is 0.875. The number of piperidine rings is 1. The lowest BCUT2D eigenvalue weighted by atomic mass is 9.80. The summed E-state index contributed by atoms with van der Waals surface area (Å²) in [6, 6.07) is 1.24. The summed E-state index contributed by atoms with van der Waals surface area (Å²) < 4.78 is 0. The Bertz CT molecular complexity index is 153. The van der Waals surface area contributed by atoms with E-state index in [2.05, 4.69) is 4.90 Å². The van der Waals surface area contributed by atoms with Crippen LogP contribution in [0.1, 0.15) is 32.6 Å². The van der Waals surface area contributed by atoms with Crippen molar-refractivity contribution in [3.63, 3.8) is 0 Å². The predicted molar refractivity (Wildman–Crippen MR) is 38.6 cm³/mol. The van der Waals surface area contributed by atoms with Crippen LogP contribution in [0.25, 0.3) is 0 Å². The number of rotatable bonds is 0. The van der Waals surface area contributed by atoms with E-state index in [4.69, 9.17) is 0 Å². The van der Waals surface area contributed by atoms with Gasteiger partial charge in [0.1, 0.15) is 0 Å². The second-order valence-electron chi connectivity index (χ2n) is 3.40. The predicted octanol–water partition coefficient (Wildman–Crippen LogP) is 1.16. The third-order valence-corrected chi connectivity index (χ3v) is 2.77. The summed E-state index contributed by atoms with van der Waals surface area (Å²) in [5, 5.41) is 0. The van der Waals surface area contributed by atoms with Gasteiger partial charge < -0.3 is 4.90 Å². The van der Waals surface area contributed by atoms with Gasteiger partial charge >= 0.3 is 0 Å². The Kier molecular flexibility index (Phi) is 1.22. The molecule has 0 aromatic heterocycles. The lowest BCUT2D eigenvalue weighted by molar-refractivity contribution is -0.146. The summed E-state index contributed by atoms with van der Waals surface area (Å²) in [7, 11) is 0. The molecule has 2 bridgehead atoms. The lowest BCUT2D eigenvalue weighted by Gasteiger charge is -2.52. The molecule has 2 aliphatic heterocycles. The molecule has 0 spiro atoms. The van der Waals surface area contributed by atoms with Gasteiger partial charge in [0, 0.05) is 19.0 Å². The first-order chi connectivity index (χ1) is 4.79. The fourth-order valence-electron chi connectivity index (χ4n) is 2.32. The van der Waals surface area contributed by atoms with E-state index in [0.29, 0.717) is 12.1 Å². The average molecular weight is 139 g/mol. The molecule has 10 heavy (non-hydrogen) atoms. The van der Waals surface area contributed by atoms with Crippen LogP contribution in [-0.4, -0.2) is 22.9 Å². The van der Waals surface area contributed by atoms with Crippen LogP contribution < -0.4 is 0 Å². The molecule has 0 N–H and O–H groups in total. The van der Waals surface area contributed by atoms with Gasteiger partial charge in [-0.3, -0.25) is 4.79 Å². The molecule has 56 valence electrons. The van der Waals surface area contributed by atoms with Crippen LogP contribution in [-0.2, 0) is 4.79 Å². The summed E-state index contributed by atoms with van der Waals surface area (Å²) in [5.74, 6) is 0.279. The molecule has 2 heterocycles. The van der Waals surface area contributed by atoms with Gasteiger partial charge in [-0.15, -0.1) is 0 Å². The summed E-state index contributed by atoms with van der Waals surface area (Å²) in [4.78, 5) is 13.0. The standard InChI is InChI=1S/C8H13NO/c1-6(10)9-7-3-2-4-8(9)5-7/h7-8H,2-5H2,1H3. The first-order valence-corrected chi connectivity index (χ1v) is 4.08. The molecule has 2 nitrogen and oxygen atoms in total. The number of nitrogens with zero attached hydrogens (tertiary/aromatic N) is 1. The first kappa shape index (κ1) is 6.20. The highest BCUT2D eigenvalue weighted by molar-refractivity contribution is 5.75. The monoisotopic (exact) mass is 139 g/mol. The maximum atomic E-state index is 11.0. The van der Waals surface area contributed by atoms with E-state index in [1.165, 1.54) is 25.7 Å². The normalized spacial score (nSPS) is 37.1. The smallest absolute Gasteiger partial charge is 0.219 e. The van der Waals surface area contributed by atoms with Gasteiger partial charge in [-0.2, -0.15) is 0 Å². The van der Waals surface area contributed by atoms with Crippen molar-refractivity contribution < 1.29 is 4.79 Å². The van der Waals surface area contributed by atoms with E-state index in [1.807, 2.05) is 0 Å². The van der Waals surface area contributed by atoms with E-state index in [9.17, 15) is 4.79 Å². The molecular weight excluding hydrogens is 126 g/mol. The Hall–Kier alpha value is -0.530. The molecule has 1 amide bonds. The molecule has 2 atom stereocenters. The Morgan fingerprint density at radius 3 is 2.30 bits per heavy atom. The summed E-state index contributed by atoms with van der Waals surface area (Å²) in [5.41, 5.74) is 0. The number of fused-ring (bicyclic) bond motifs is 2. The number of carbonyl (C=O) groups is 1. The van der Waals surface area contributed by atoms with Crippen LogP contribution in [0, 0.1) is 0 Å². The lowest BCUT2D eigenvalue weighted by Crippen LogP contribution is -2.60. The number of hydrogen-bond donors (Lipinski definition) is 0. The second kappa shape index (κ2) is 1.97. The Balaban J connectivity index is 2.06. The molecule has 0 aromatic carbocycles. The minimum absolute atomic E-state index is 0.279. The SMILES string of the molecule is CC(=O)N1C2CCCC1C2. The van der Waals surface area contributed by atoms with E-state index < -0.39 is 0 Å². The van der Waals surface area contributed by atoms with Gasteiger partial charge in [-0.05, 0) is 25.7 Å². The van der Waals surface area contributed by atoms with Crippen LogP contribution in [0.5, 0.6) is 0 Å².